The number of nitrogens with one attached hydrogen (secondary N) is 1. The number of carbonyl (C=O) groups is 3. The topological polar surface area (TPSA) is 206 Å². The maximum Gasteiger partial charge on any atom is 0.331 e. The van der Waals surface area contributed by atoms with Gasteiger partial charge in [-0.05, 0) is 119 Å². The molecule has 394 valence electrons. The number of esters is 1. The minimum absolute atomic E-state index is 0. The number of aliphatic hydroxyl groups excluding tert-OH is 2. The highest BCUT2D eigenvalue weighted by Gasteiger charge is 2.71. The van der Waals surface area contributed by atoms with Gasteiger partial charge in [0.2, 0.25) is 5.91 Å². The summed E-state index contributed by atoms with van der Waals surface area (Å²) in [6.45, 7) is 12.6. The Kier molecular flexibility index (Phi) is 17.7. The van der Waals surface area contributed by atoms with Gasteiger partial charge in [-0.25, -0.2) is 4.79 Å². The maximum atomic E-state index is 13.0. The largest absolute Gasteiger partial charge is 0.493 e. The molecule has 0 bridgehead atoms. The lowest BCUT2D eigenvalue weighted by Gasteiger charge is -2.65. The number of benzene rings is 2. The molecule has 3 aliphatic heterocycles. The Bertz CT molecular complexity index is 2190. The molecule has 7 aliphatic rings. The predicted octanol–water partition coefficient (Wildman–Crippen LogP) is 5.16. The Hall–Kier alpha value is -3.68. The number of piperazine rings is 1. The normalized spacial score (nSPS) is 36.3. The van der Waals surface area contributed by atoms with Gasteiger partial charge in [-0.1, -0.05) is 37.3 Å². The fourth-order valence-electron chi connectivity index (χ4n) is 13.8. The Morgan fingerprint density at radius 1 is 0.930 bits per heavy atom. The van der Waals surface area contributed by atoms with E-state index in [2.05, 4.69) is 22.0 Å². The number of aliphatic hydroxyl groups is 4. The van der Waals surface area contributed by atoms with Crippen molar-refractivity contribution in [2.45, 2.75) is 140 Å². The zero-order chi connectivity index (χ0) is 50.0. The van der Waals surface area contributed by atoms with Gasteiger partial charge in [0, 0.05) is 69.9 Å². The minimum atomic E-state index is -1.21. The van der Waals surface area contributed by atoms with E-state index in [1.807, 2.05) is 56.3 Å². The van der Waals surface area contributed by atoms with Crippen LogP contribution in [0.25, 0.3) is 0 Å². The number of anilines is 1. The molecule has 0 spiro atoms. The summed E-state index contributed by atoms with van der Waals surface area (Å²) in [6.07, 6.45) is 5.51. The summed E-state index contributed by atoms with van der Waals surface area (Å²) in [5, 5.41) is 48.3. The molecular weight excluding hydrogens is 934 g/mol. The van der Waals surface area contributed by atoms with E-state index < -0.39 is 46.6 Å². The van der Waals surface area contributed by atoms with E-state index in [4.69, 9.17) is 28.4 Å². The van der Waals surface area contributed by atoms with Crippen LogP contribution in [0, 0.1) is 42.4 Å². The van der Waals surface area contributed by atoms with Crippen LogP contribution >= 0.6 is 12.4 Å². The number of amides is 1. The standard InChI is InChI=1S/C30H44O9.C24H33N3O4.ClH/c1-17-26(33)23(36-3)13-25(38-17)39-19-4-9-28(16-31)21-5-8-27(2)20(18-12-24(32)37-15-18)7-11-30(27,35)22(21)6-10-29(28,34)14-19;1-18-7-6-8-19(2)24(18)25-23(29)16-27-13-11-26(12-14-27)15-20(28)17-31-22-10-5-4-9-21(22)30-3;/h12,16-17,19-23,25-26,33-35H,4-11,13-15H2,1-3H3;4-10,20,28H,11-17H2,1-3H3,(H,25,29);1H/t17-,19+,20-,21+,22-,23+,25+,26-,27-,28+,29+,30+;;/m1../s1. The van der Waals surface area contributed by atoms with Crippen molar-refractivity contribution in [3.8, 4) is 11.5 Å². The average Bonchev–Trinajstić information content (AvgIpc) is 3.89. The Labute approximate surface area is 425 Å². The first-order valence-electron chi connectivity index (χ1n) is 25.5. The van der Waals surface area contributed by atoms with E-state index in [1.54, 1.807) is 27.2 Å². The summed E-state index contributed by atoms with van der Waals surface area (Å²) in [4.78, 5) is 41.7. The quantitative estimate of drug-likeness (QED) is 0.0942. The van der Waals surface area contributed by atoms with Crippen LogP contribution in [-0.4, -0.2) is 163 Å². The molecule has 1 amide bonds. The maximum absolute atomic E-state index is 13.0. The Balaban J connectivity index is 0.000000212. The van der Waals surface area contributed by atoms with Crippen LogP contribution in [0.4, 0.5) is 5.69 Å². The molecule has 5 N–H and O–H groups in total. The van der Waals surface area contributed by atoms with Crippen molar-refractivity contribution in [3.05, 3.63) is 65.2 Å². The van der Waals surface area contributed by atoms with Crippen LogP contribution in [0.1, 0.15) is 89.2 Å². The van der Waals surface area contributed by atoms with Gasteiger partial charge < -0.3 is 59.0 Å². The van der Waals surface area contributed by atoms with Crippen LogP contribution in [0.5, 0.6) is 11.5 Å². The number of aldehydes is 1. The van der Waals surface area contributed by atoms with Gasteiger partial charge in [-0.2, -0.15) is 0 Å². The van der Waals surface area contributed by atoms with Crippen molar-refractivity contribution in [2.75, 3.05) is 72.0 Å². The molecule has 3 heterocycles. The first-order chi connectivity index (χ1) is 33.5. The molecule has 2 aromatic rings. The summed E-state index contributed by atoms with van der Waals surface area (Å²) >= 11 is 0. The molecule has 1 unspecified atom stereocenters. The van der Waals surface area contributed by atoms with E-state index in [0.717, 1.165) is 74.1 Å². The molecule has 6 fully saturated rings. The number of para-hydroxylation sites is 3. The van der Waals surface area contributed by atoms with Crippen LogP contribution < -0.4 is 14.8 Å². The first kappa shape index (κ1) is 55.1. The second-order valence-electron chi connectivity index (χ2n) is 21.5. The number of β-amino-alcohol motifs (C(OH)–C–C–N with tert-alkyl or cyclic N) is 1. The number of cyclic esters (lactones) is 1. The van der Waals surface area contributed by atoms with Gasteiger partial charge in [-0.3, -0.25) is 14.6 Å². The third-order valence-corrected chi connectivity index (χ3v) is 17.7. The number of hydrogen-bond acceptors (Lipinski definition) is 15. The monoisotopic (exact) mass is 1010 g/mol. The minimum Gasteiger partial charge on any atom is -0.493 e. The highest BCUT2D eigenvalue weighted by Crippen LogP contribution is 2.70. The fraction of sp³-hybridized carbons (Fsp3) is 0.685. The summed E-state index contributed by atoms with van der Waals surface area (Å²) in [5.41, 5.74) is 0.535. The molecule has 16 nitrogen and oxygen atoms in total. The zero-order valence-electron chi connectivity index (χ0n) is 42.4. The van der Waals surface area contributed by atoms with Crippen LogP contribution in [0.3, 0.4) is 0 Å². The lowest BCUT2D eigenvalue weighted by atomic mass is 9.41. The number of hydrogen-bond donors (Lipinski definition) is 5. The van der Waals surface area contributed by atoms with Crippen LogP contribution in [-0.2, 0) is 33.3 Å². The van der Waals surface area contributed by atoms with E-state index in [-0.39, 0.29) is 60.9 Å². The van der Waals surface area contributed by atoms with Crippen molar-refractivity contribution >= 4 is 36.3 Å². The third kappa shape index (κ3) is 11.1. The summed E-state index contributed by atoms with van der Waals surface area (Å²) in [6, 6.07) is 13.4. The Morgan fingerprint density at radius 3 is 2.28 bits per heavy atom. The number of ether oxygens (including phenoxy) is 6. The number of methoxy groups -OCH3 is 2. The molecule has 17 heteroatoms. The predicted molar refractivity (Wildman–Crippen MR) is 267 cm³/mol. The molecule has 13 atom stereocenters. The number of fused-ring (bicyclic) bond motifs is 5. The van der Waals surface area contributed by atoms with Gasteiger partial charge in [0.05, 0.1) is 48.6 Å². The number of nitrogens with zero attached hydrogens (tertiary/aromatic N) is 2. The number of rotatable bonds is 14. The van der Waals surface area contributed by atoms with Gasteiger partial charge in [0.1, 0.15) is 31.7 Å². The summed E-state index contributed by atoms with van der Waals surface area (Å²) < 4.78 is 33.9. The van der Waals surface area contributed by atoms with Crippen molar-refractivity contribution in [3.63, 3.8) is 0 Å². The molecule has 0 aromatic heterocycles. The zero-order valence-corrected chi connectivity index (χ0v) is 43.2. The van der Waals surface area contributed by atoms with E-state index in [9.17, 15) is 34.8 Å². The van der Waals surface area contributed by atoms with Gasteiger partial charge in [0.25, 0.3) is 0 Å². The van der Waals surface area contributed by atoms with Gasteiger partial charge in [0.15, 0.2) is 17.8 Å². The highest BCUT2D eigenvalue weighted by atomic mass is 35.5. The molecule has 4 aliphatic carbocycles. The van der Waals surface area contributed by atoms with Crippen LogP contribution in [0.2, 0.25) is 0 Å². The van der Waals surface area contributed by atoms with Crippen LogP contribution in [0.15, 0.2) is 54.1 Å². The molecule has 2 saturated heterocycles. The third-order valence-electron chi connectivity index (χ3n) is 17.7. The average molecular weight is 1010 g/mol. The van der Waals surface area contributed by atoms with E-state index in [0.29, 0.717) is 76.1 Å². The molecule has 9 rings (SSSR count). The fourth-order valence-corrected chi connectivity index (χ4v) is 13.8. The lowest BCUT2D eigenvalue weighted by molar-refractivity contribution is -0.287. The molecule has 2 aromatic carbocycles. The number of halogens is 1. The van der Waals surface area contributed by atoms with Crippen molar-refractivity contribution in [1.82, 2.24) is 9.80 Å². The van der Waals surface area contributed by atoms with Crippen molar-refractivity contribution in [2.24, 2.45) is 28.6 Å². The van der Waals surface area contributed by atoms with Gasteiger partial charge >= 0.3 is 5.97 Å². The number of carbonyl (C=O) groups excluding carboxylic acids is 3. The Morgan fingerprint density at radius 2 is 1.62 bits per heavy atom. The van der Waals surface area contributed by atoms with Crippen molar-refractivity contribution in [1.29, 1.82) is 0 Å². The molecule has 4 saturated carbocycles. The van der Waals surface area contributed by atoms with E-state index in [1.165, 1.54) is 0 Å². The lowest BCUT2D eigenvalue weighted by Crippen LogP contribution is -2.69. The second-order valence-corrected chi connectivity index (χ2v) is 21.5. The SMILES string of the molecule is CO[C@H]1C[C@H](O[C@H]2CC[C@]3(C=O)[C@H]4CC[C@]5(C)[C@@H](C6=CC(=O)OC6)CC[C@]5(O)[C@@H]4CC[C@]3(O)C2)O[C@H](C)[C@H]1O.COc1ccccc1OCC(O)CN1CCN(CC(=O)Nc2c(C)cccc2C)CC1.Cl. The molecular formula is C54H78ClN3O13. The smallest absolute Gasteiger partial charge is 0.331 e. The van der Waals surface area contributed by atoms with Gasteiger partial charge in [-0.15, -0.1) is 12.4 Å². The number of aryl methyl sites for hydroxylation is 2. The second kappa shape index (κ2) is 22.8. The highest BCUT2D eigenvalue weighted by molar-refractivity contribution is 5.93. The van der Waals surface area contributed by atoms with E-state index >= 15 is 0 Å². The van der Waals surface area contributed by atoms with Crippen molar-refractivity contribution < 1.29 is 63.2 Å². The summed E-state index contributed by atoms with van der Waals surface area (Å²) in [7, 11) is 3.16. The molecule has 0 radical (unpaired) electrons. The summed E-state index contributed by atoms with van der Waals surface area (Å²) in [5.74, 6) is 0.873. The molecule has 71 heavy (non-hydrogen) atoms. The first-order valence-corrected chi connectivity index (χ1v) is 25.5.